The Hall–Kier alpha value is -1.77. The molecule has 1 atom stereocenters. The van der Waals surface area contributed by atoms with Crippen molar-refractivity contribution in [2.45, 2.75) is 20.0 Å². The Balaban J connectivity index is 2.42. The van der Waals surface area contributed by atoms with E-state index in [-0.39, 0.29) is 11.7 Å². The van der Waals surface area contributed by atoms with Crippen LogP contribution in [-0.2, 0) is 0 Å². The molecule has 0 spiro atoms. The maximum absolute atomic E-state index is 11.0. The Morgan fingerprint density at radius 1 is 1.44 bits per heavy atom. The van der Waals surface area contributed by atoms with E-state index in [0.717, 1.165) is 0 Å². The van der Waals surface area contributed by atoms with Crippen molar-refractivity contribution in [3.63, 3.8) is 0 Å². The fourth-order valence-corrected chi connectivity index (χ4v) is 1.74. The van der Waals surface area contributed by atoms with E-state index >= 15 is 0 Å². The van der Waals surface area contributed by atoms with Gasteiger partial charge in [0, 0.05) is 5.56 Å². The van der Waals surface area contributed by atoms with Crippen molar-refractivity contribution < 1.29 is 14.6 Å². The molecule has 3 heteroatoms. The lowest BCUT2D eigenvalue weighted by Crippen LogP contribution is -2.23. The van der Waals surface area contributed by atoms with Crippen LogP contribution in [0.2, 0.25) is 0 Å². The van der Waals surface area contributed by atoms with E-state index in [0.29, 0.717) is 17.2 Å². The number of aromatic carboxylic acids is 1. The lowest BCUT2D eigenvalue weighted by Gasteiger charge is -2.24. The molecule has 1 unspecified atom stereocenters. The first-order valence-corrected chi connectivity index (χ1v) is 5.30. The highest BCUT2D eigenvalue weighted by atomic mass is 16.5. The van der Waals surface area contributed by atoms with Gasteiger partial charge in [-0.15, -0.1) is 0 Å². The predicted octanol–water partition coefficient (Wildman–Crippen LogP) is 2.82. The van der Waals surface area contributed by atoms with E-state index in [1.807, 2.05) is 12.2 Å². The second kappa shape index (κ2) is 4.00. The van der Waals surface area contributed by atoms with Gasteiger partial charge in [0.1, 0.15) is 11.9 Å². The van der Waals surface area contributed by atoms with E-state index in [2.05, 4.69) is 13.8 Å². The molecule has 0 amide bonds. The number of benzene rings is 1. The Morgan fingerprint density at radius 2 is 2.19 bits per heavy atom. The summed E-state index contributed by atoms with van der Waals surface area (Å²) in [5.41, 5.74) is 0.947. The molecule has 84 valence electrons. The zero-order chi connectivity index (χ0) is 11.7. The van der Waals surface area contributed by atoms with E-state index in [1.54, 1.807) is 18.2 Å². The zero-order valence-electron chi connectivity index (χ0n) is 9.31. The molecular formula is C13H14O3. The lowest BCUT2D eigenvalue weighted by molar-refractivity contribution is 0.0695. The lowest BCUT2D eigenvalue weighted by atomic mass is 9.99. The number of fused-ring (bicyclic) bond motifs is 1. The van der Waals surface area contributed by atoms with Crippen molar-refractivity contribution in [1.82, 2.24) is 0 Å². The summed E-state index contributed by atoms with van der Waals surface area (Å²) in [5.74, 6) is 0.104. The average molecular weight is 218 g/mol. The van der Waals surface area contributed by atoms with Crippen LogP contribution in [0.15, 0.2) is 24.3 Å². The number of hydrogen-bond acceptors (Lipinski definition) is 2. The van der Waals surface area contributed by atoms with Crippen molar-refractivity contribution >= 4 is 12.0 Å². The van der Waals surface area contributed by atoms with Gasteiger partial charge in [-0.3, -0.25) is 0 Å². The Kier molecular flexibility index (Phi) is 2.69. The van der Waals surface area contributed by atoms with Crippen LogP contribution in [0.4, 0.5) is 0 Å². The molecular weight excluding hydrogens is 204 g/mol. The zero-order valence-corrected chi connectivity index (χ0v) is 9.31. The Labute approximate surface area is 94.4 Å². The summed E-state index contributed by atoms with van der Waals surface area (Å²) in [6.45, 7) is 4.14. The minimum Gasteiger partial charge on any atom is -0.485 e. The van der Waals surface area contributed by atoms with Crippen LogP contribution in [-0.4, -0.2) is 17.2 Å². The van der Waals surface area contributed by atoms with Crippen LogP contribution in [0, 0.1) is 5.92 Å². The van der Waals surface area contributed by atoms with Crippen LogP contribution >= 0.6 is 0 Å². The van der Waals surface area contributed by atoms with Crippen molar-refractivity contribution in [3.8, 4) is 5.75 Å². The van der Waals surface area contributed by atoms with Gasteiger partial charge in [0.2, 0.25) is 0 Å². The summed E-state index contributed by atoms with van der Waals surface area (Å²) < 4.78 is 5.73. The molecule has 1 aliphatic rings. The van der Waals surface area contributed by atoms with Gasteiger partial charge in [0.05, 0.1) is 5.56 Å². The number of ether oxygens (including phenoxy) is 1. The third kappa shape index (κ3) is 1.81. The molecule has 0 aliphatic carbocycles. The Bertz CT molecular complexity index is 446. The third-order valence-electron chi connectivity index (χ3n) is 2.67. The number of carboxylic acids is 1. The molecule has 1 aromatic carbocycles. The molecule has 1 heterocycles. The van der Waals surface area contributed by atoms with Crippen LogP contribution in [0.25, 0.3) is 6.08 Å². The molecule has 0 aromatic heterocycles. The highest BCUT2D eigenvalue weighted by Gasteiger charge is 2.21. The van der Waals surface area contributed by atoms with Crippen LogP contribution in [0.5, 0.6) is 5.75 Å². The van der Waals surface area contributed by atoms with Crippen LogP contribution < -0.4 is 4.74 Å². The van der Waals surface area contributed by atoms with Gasteiger partial charge in [-0.25, -0.2) is 4.79 Å². The third-order valence-corrected chi connectivity index (χ3v) is 2.67. The SMILES string of the molecule is CC(C)C1C=Cc2c(cccc2C(=O)O)O1. The summed E-state index contributed by atoms with van der Waals surface area (Å²) in [4.78, 5) is 11.0. The quantitative estimate of drug-likeness (QED) is 0.830. The maximum Gasteiger partial charge on any atom is 0.336 e. The monoisotopic (exact) mass is 218 g/mol. The first-order chi connectivity index (χ1) is 7.59. The fraction of sp³-hybridized carbons (Fsp3) is 0.308. The van der Waals surface area contributed by atoms with Crippen molar-refractivity contribution in [1.29, 1.82) is 0 Å². The summed E-state index contributed by atoms with van der Waals surface area (Å²) in [7, 11) is 0. The second-order valence-electron chi connectivity index (χ2n) is 4.21. The fourth-order valence-electron chi connectivity index (χ4n) is 1.74. The second-order valence-corrected chi connectivity index (χ2v) is 4.21. The molecule has 1 aromatic rings. The maximum atomic E-state index is 11.0. The first kappa shape index (κ1) is 10.7. The van der Waals surface area contributed by atoms with Gasteiger partial charge in [0.15, 0.2) is 0 Å². The molecule has 16 heavy (non-hydrogen) atoms. The van der Waals surface area contributed by atoms with E-state index in [9.17, 15) is 4.79 Å². The summed E-state index contributed by atoms with van der Waals surface area (Å²) in [6.07, 6.45) is 3.78. The summed E-state index contributed by atoms with van der Waals surface area (Å²) >= 11 is 0. The topological polar surface area (TPSA) is 46.5 Å². The molecule has 0 fully saturated rings. The molecule has 2 rings (SSSR count). The first-order valence-electron chi connectivity index (χ1n) is 5.30. The summed E-state index contributed by atoms with van der Waals surface area (Å²) in [5, 5.41) is 9.03. The van der Waals surface area contributed by atoms with E-state index < -0.39 is 5.97 Å². The van der Waals surface area contributed by atoms with E-state index in [4.69, 9.17) is 9.84 Å². The molecule has 0 saturated heterocycles. The molecule has 0 saturated carbocycles. The van der Waals surface area contributed by atoms with Gasteiger partial charge in [-0.2, -0.15) is 0 Å². The average Bonchev–Trinajstić information content (AvgIpc) is 2.27. The van der Waals surface area contributed by atoms with Crippen molar-refractivity contribution in [3.05, 3.63) is 35.4 Å². The minimum absolute atomic E-state index is 0.0246. The highest BCUT2D eigenvalue weighted by Crippen LogP contribution is 2.30. The highest BCUT2D eigenvalue weighted by molar-refractivity contribution is 5.93. The van der Waals surface area contributed by atoms with Gasteiger partial charge in [0.25, 0.3) is 0 Å². The van der Waals surface area contributed by atoms with Crippen LogP contribution in [0.3, 0.4) is 0 Å². The molecule has 0 bridgehead atoms. The standard InChI is InChI=1S/C13H14O3/c1-8(2)11-7-6-9-10(13(14)15)4-3-5-12(9)16-11/h3-8,11H,1-2H3,(H,14,15). The Morgan fingerprint density at radius 3 is 2.81 bits per heavy atom. The van der Waals surface area contributed by atoms with Gasteiger partial charge < -0.3 is 9.84 Å². The number of carboxylic acid groups (broad SMARTS) is 1. The summed E-state index contributed by atoms with van der Waals surface area (Å²) in [6, 6.07) is 5.10. The minimum atomic E-state index is -0.923. The largest absolute Gasteiger partial charge is 0.485 e. The number of carbonyl (C=O) groups is 1. The van der Waals surface area contributed by atoms with Crippen molar-refractivity contribution in [2.24, 2.45) is 5.92 Å². The molecule has 3 nitrogen and oxygen atoms in total. The smallest absolute Gasteiger partial charge is 0.336 e. The van der Waals surface area contributed by atoms with Gasteiger partial charge >= 0.3 is 5.97 Å². The predicted molar refractivity (Wildman–Crippen MR) is 61.7 cm³/mol. The van der Waals surface area contributed by atoms with Gasteiger partial charge in [-0.05, 0) is 24.1 Å². The molecule has 1 N–H and O–H groups in total. The van der Waals surface area contributed by atoms with Gasteiger partial charge in [-0.1, -0.05) is 26.0 Å². The molecule has 0 radical (unpaired) electrons. The molecule has 1 aliphatic heterocycles. The normalized spacial score (nSPS) is 18.1. The number of hydrogen-bond donors (Lipinski definition) is 1. The van der Waals surface area contributed by atoms with Crippen molar-refractivity contribution in [2.75, 3.05) is 0 Å². The van der Waals surface area contributed by atoms with E-state index in [1.165, 1.54) is 0 Å². The van der Waals surface area contributed by atoms with Crippen LogP contribution in [0.1, 0.15) is 29.8 Å². The number of rotatable bonds is 2.